The fourth-order valence-corrected chi connectivity index (χ4v) is 6.33. The number of carboxylic acid groups (broad SMARTS) is 4. The van der Waals surface area contributed by atoms with Crippen molar-refractivity contribution in [3.05, 3.63) is 29.8 Å². The van der Waals surface area contributed by atoms with E-state index in [4.69, 9.17) is 45.4 Å². The molecule has 2 rings (SSSR count). The van der Waals surface area contributed by atoms with Crippen molar-refractivity contribution in [2.45, 2.75) is 12.5 Å². The van der Waals surface area contributed by atoms with E-state index in [2.05, 4.69) is 10.6 Å². The Labute approximate surface area is 394 Å². The van der Waals surface area contributed by atoms with Gasteiger partial charge in [-0.2, -0.15) is 0 Å². The third-order valence-electron chi connectivity index (χ3n) is 9.08. The molecule has 1 unspecified atom stereocenters. The number of hydrogen-bond acceptors (Lipinski definition) is 16. The second kappa shape index (κ2) is 36.8. The number of carboxylic acids is 4. The Kier molecular flexibility index (Phi) is 34.1. The number of methoxy groups -OCH3 is 1. The molecule has 21 nitrogen and oxygen atoms in total. The van der Waals surface area contributed by atoms with Crippen LogP contribution in [0.4, 0.5) is 5.69 Å². The maximum absolute atomic E-state index is 12.0. The Hall–Kier alpha value is -2.55. The first kappa shape index (κ1) is 57.5. The molecule has 0 spiro atoms. The van der Waals surface area contributed by atoms with Crippen LogP contribution in [0.5, 0.6) is 0 Å². The number of hydrogen-bond donors (Lipinski definition) is 6. The first-order valence-electron chi connectivity index (χ1n) is 20.3. The molecule has 0 bridgehead atoms. The number of rotatable bonds is 32. The average molecular weight is 980 g/mol. The molecule has 1 aliphatic heterocycles. The second-order valence-corrected chi connectivity index (χ2v) is 14.3. The summed E-state index contributed by atoms with van der Waals surface area (Å²) in [5.41, 5.74) is 1.57. The maximum Gasteiger partial charge on any atom is 0.317 e. The van der Waals surface area contributed by atoms with Crippen LogP contribution in [0.1, 0.15) is 5.56 Å². The molecule has 351 valence electrons. The summed E-state index contributed by atoms with van der Waals surface area (Å²) in [4.78, 5) is 53.8. The van der Waals surface area contributed by atoms with Crippen molar-refractivity contribution in [2.75, 3.05) is 177 Å². The van der Waals surface area contributed by atoms with Gasteiger partial charge < -0.3 is 64.2 Å². The topological polar surface area (TPSA) is 251 Å². The quantitative estimate of drug-likeness (QED) is 0.0382. The number of nitrogens with zero attached hydrogens (tertiary/aromatic N) is 4. The number of anilines is 1. The number of benzene rings is 1. The monoisotopic (exact) mass is 979 g/mol. The van der Waals surface area contributed by atoms with Crippen LogP contribution >= 0.6 is 12.2 Å². The number of nitrogens with one attached hydrogen (secondary N) is 2. The van der Waals surface area contributed by atoms with Crippen LogP contribution in [-0.2, 0) is 91.5 Å². The normalized spacial score (nSPS) is 16.1. The van der Waals surface area contributed by atoms with Crippen molar-refractivity contribution in [1.82, 2.24) is 24.9 Å². The van der Waals surface area contributed by atoms with Gasteiger partial charge in [-0.1, -0.05) is 12.1 Å². The molecular formula is C39H66N6O15SY. The van der Waals surface area contributed by atoms with Crippen LogP contribution in [0.15, 0.2) is 24.3 Å². The predicted molar refractivity (Wildman–Crippen MR) is 226 cm³/mol. The van der Waals surface area contributed by atoms with Gasteiger partial charge in [0.05, 0.1) is 112 Å². The minimum atomic E-state index is -1.08. The fourth-order valence-electron chi connectivity index (χ4n) is 6.11. The van der Waals surface area contributed by atoms with E-state index in [1.807, 2.05) is 24.3 Å². The molecule has 1 saturated heterocycles. The summed E-state index contributed by atoms with van der Waals surface area (Å²) < 4.78 is 37.7. The number of ether oxygens (including phenoxy) is 7. The van der Waals surface area contributed by atoms with Crippen molar-refractivity contribution in [3.63, 3.8) is 0 Å². The Morgan fingerprint density at radius 1 is 0.581 bits per heavy atom. The molecular weight excluding hydrogens is 913 g/mol. The van der Waals surface area contributed by atoms with Gasteiger partial charge in [0.2, 0.25) is 0 Å². The Morgan fingerprint density at radius 2 is 0.968 bits per heavy atom. The van der Waals surface area contributed by atoms with E-state index in [0.717, 1.165) is 5.56 Å². The number of carbonyl (C=O) groups is 4. The maximum atomic E-state index is 12.0. The first-order chi connectivity index (χ1) is 29.4. The fraction of sp³-hybridized carbons (Fsp3) is 0.718. The molecule has 23 heteroatoms. The van der Waals surface area contributed by atoms with Gasteiger partial charge in [0.15, 0.2) is 5.11 Å². The van der Waals surface area contributed by atoms with Crippen LogP contribution < -0.4 is 10.6 Å². The van der Waals surface area contributed by atoms with Crippen molar-refractivity contribution in [2.24, 2.45) is 0 Å². The van der Waals surface area contributed by atoms with Gasteiger partial charge in [0.25, 0.3) is 0 Å². The van der Waals surface area contributed by atoms with E-state index < -0.39 is 29.9 Å². The van der Waals surface area contributed by atoms with Crippen LogP contribution in [0.2, 0.25) is 0 Å². The van der Waals surface area contributed by atoms with Gasteiger partial charge in [-0.3, -0.25) is 38.8 Å². The summed E-state index contributed by atoms with van der Waals surface area (Å²) in [6.07, 6.45) is 0.359. The number of thiocarbonyl (C=S) groups is 1. The molecule has 62 heavy (non-hydrogen) atoms. The van der Waals surface area contributed by atoms with E-state index in [-0.39, 0.29) is 105 Å². The van der Waals surface area contributed by atoms with Crippen LogP contribution in [0.25, 0.3) is 0 Å². The second-order valence-electron chi connectivity index (χ2n) is 13.9. The molecule has 1 aliphatic rings. The van der Waals surface area contributed by atoms with Gasteiger partial charge in [0, 0.05) is 104 Å². The third kappa shape index (κ3) is 30.5. The molecule has 0 amide bonds. The molecule has 1 aromatic carbocycles. The van der Waals surface area contributed by atoms with Crippen molar-refractivity contribution >= 4 is 46.9 Å². The molecule has 6 N–H and O–H groups in total. The molecule has 1 radical (unpaired) electrons. The van der Waals surface area contributed by atoms with E-state index >= 15 is 0 Å². The SMILES string of the molecule is COCCOCCOCCOCCOCCOCCOCCNC(=S)Nc1ccc(CC2CN(CC(=O)O)CCN(CC(=O)O)CCN(CC(=O)O)CCN2CC(=O)O)cc1.[Y]. The Balaban J connectivity index is 0.0000192. The van der Waals surface area contributed by atoms with E-state index in [1.54, 1.807) is 26.7 Å². The van der Waals surface area contributed by atoms with E-state index in [9.17, 15) is 39.6 Å². The van der Waals surface area contributed by atoms with Gasteiger partial charge >= 0.3 is 23.9 Å². The smallest absolute Gasteiger partial charge is 0.317 e. The van der Waals surface area contributed by atoms with Crippen LogP contribution in [-0.4, -0.2) is 247 Å². The third-order valence-corrected chi connectivity index (χ3v) is 9.32. The zero-order valence-electron chi connectivity index (χ0n) is 35.8. The molecule has 1 heterocycles. The minimum absolute atomic E-state index is 0. The molecule has 1 atom stereocenters. The van der Waals surface area contributed by atoms with Crippen molar-refractivity contribution in [3.8, 4) is 0 Å². The largest absolute Gasteiger partial charge is 0.480 e. The molecule has 1 aromatic rings. The van der Waals surface area contributed by atoms with Gasteiger partial charge in [-0.25, -0.2) is 0 Å². The van der Waals surface area contributed by atoms with Crippen molar-refractivity contribution in [1.29, 1.82) is 0 Å². The first-order valence-corrected chi connectivity index (χ1v) is 20.7. The summed E-state index contributed by atoms with van der Waals surface area (Å²) in [6.45, 7) is 6.87. The van der Waals surface area contributed by atoms with Gasteiger partial charge in [0.1, 0.15) is 0 Å². The predicted octanol–water partition coefficient (Wildman–Crippen LogP) is -0.812. The number of aliphatic carboxylic acids is 4. The standard InChI is InChI=1S/C39H66N6O15S.Y/c1-54-14-15-56-18-19-58-22-23-60-25-24-59-21-20-57-17-16-55-13-6-40-39(61)41-33-4-2-32(3-5-33)26-34-27-44(30-37(50)51)10-9-42(28-35(46)47)7-8-43(29-36(48)49)11-12-45(34)31-38(52)53;/h2-5,34H,6-31H2,1H3,(H,46,47)(H,48,49)(H,50,51)(H,52,53)(H2,40,41,61);. The summed E-state index contributed by atoms with van der Waals surface area (Å²) in [5.74, 6) is -4.26. The zero-order valence-corrected chi connectivity index (χ0v) is 39.5. The summed E-state index contributed by atoms with van der Waals surface area (Å²) >= 11 is 5.44. The Bertz CT molecular complexity index is 1390. The van der Waals surface area contributed by atoms with Crippen LogP contribution in [0.3, 0.4) is 0 Å². The summed E-state index contributed by atoms with van der Waals surface area (Å²) in [5, 5.41) is 45.1. The molecule has 0 aromatic heterocycles. The van der Waals surface area contributed by atoms with Gasteiger partial charge in [-0.15, -0.1) is 0 Å². The average Bonchev–Trinajstić information content (AvgIpc) is 3.20. The summed E-state index contributed by atoms with van der Waals surface area (Å²) in [7, 11) is 1.63. The summed E-state index contributed by atoms with van der Waals surface area (Å²) in [6, 6.07) is 6.93. The van der Waals surface area contributed by atoms with E-state index in [0.29, 0.717) is 110 Å². The zero-order chi connectivity index (χ0) is 44.5. The Morgan fingerprint density at radius 3 is 1.40 bits per heavy atom. The van der Waals surface area contributed by atoms with E-state index in [1.165, 1.54) is 0 Å². The molecule has 0 saturated carbocycles. The van der Waals surface area contributed by atoms with Gasteiger partial charge in [-0.05, 0) is 36.3 Å². The van der Waals surface area contributed by atoms with Crippen molar-refractivity contribution < 1.29 is 105 Å². The van der Waals surface area contributed by atoms with Crippen LogP contribution in [0, 0.1) is 0 Å². The molecule has 0 aliphatic carbocycles. The minimum Gasteiger partial charge on any atom is -0.480 e. The molecule has 1 fully saturated rings.